The fourth-order valence-corrected chi connectivity index (χ4v) is 2.59. The topological polar surface area (TPSA) is 36.4 Å². The van der Waals surface area contributed by atoms with Crippen LogP contribution in [0.1, 0.15) is 44.9 Å². The minimum absolute atomic E-state index is 0.232. The number of halogens is 1. The molecule has 1 fully saturated rings. The first-order valence-corrected chi connectivity index (χ1v) is 6.53. The van der Waals surface area contributed by atoms with Gasteiger partial charge in [-0.15, -0.1) is 0 Å². The first kappa shape index (κ1) is 13.4. The zero-order valence-electron chi connectivity index (χ0n) is 11.1. The number of likely N-dealkylation sites (tertiary alicyclic amines) is 1. The van der Waals surface area contributed by atoms with Crippen LogP contribution in [0.15, 0.2) is 18.3 Å². The van der Waals surface area contributed by atoms with E-state index in [9.17, 15) is 9.50 Å². The van der Waals surface area contributed by atoms with Crippen molar-refractivity contribution in [1.29, 1.82) is 0 Å². The molecule has 1 unspecified atom stereocenters. The predicted octanol–water partition coefficient (Wildman–Crippen LogP) is 2.52. The summed E-state index contributed by atoms with van der Waals surface area (Å²) in [5.41, 5.74) is 0.782. The van der Waals surface area contributed by atoms with Crippen molar-refractivity contribution in [2.75, 3.05) is 13.1 Å². The van der Waals surface area contributed by atoms with Crippen LogP contribution in [0.25, 0.3) is 0 Å². The Labute approximate surface area is 108 Å². The first-order chi connectivity index (χ1) is 8.49. The molecule has 1 aliphatic rings. The van der Waals surface area contributed by atoms with Gasteiger partial charge in [0.15, 0.2) is 0 Å². The van der Waals surface area contributed by atoms with Gasteiger partial charge in [-0.25, -0.2) is 4.39 Å². The molecule has 100 valence electrons. The lowest BCUT2D eigenvalue weighted by molar-refractivity contribution is 0.112. The maximum Gasteiger partial charge on any atom is 0.141 e. The zero-order chi connectivity index (χ0) is 13.2. The van der Waals surface area contributed by atoms with Gasteiger partial charge in [-0.05, 0) is 51.8 Å². The Hall–Kier alpha value is -1.00. The minimum atomic E-state index is -0.609. The van der Waals surface area contributed by atoms with Gasteiger partial charge in [0.2, 0.25) is 0 Å². The van der Waals surface area contributed by atoms with Crippen LogP contribution in [-0.4, -0.2) is 33.6 Å². The molecule has 0 amide bonds. The highest BCUT2D eigenvalue weighted by molar-refractivity contribution is 5.08. The summed E-state index contributed by atoms with van der Waals surface area (Å²) < 4.78 is 12.7. The Balaban J connectivity index is 1.88. The summed E-state index contributed by atoms with van der Waals surface area (Å²) in [4.78, 5) is 6.32. The molecule has 0 bridgehead atoms. The number of aliphatic hydroxyl groups excluding tert-OH is 1. The highest BCUT2D eigenvalue weighted by Gasteiger charge is 2.31. The van der Waals surface area contributed by atoms with Crippen molar-refractivity contribution in [3.05, 3.63) is 29.8 Å². The van der Waals surface area contributed by atoms with E-state index >= 15 is 0 Å². The van der Waals surface area contributed by atoms with Crippen LogP contribution in [0.3, 0.4) is 0 Å². The van der Waals surface area contributed by atoms with Crippen LogP contribution in [0.4, 0.5) is 4.39 Å². The average Bonchev–Trinajstić information content (AvgIpc) is 2.66. The fraction of sp³-hybridized carbons (Fsp3) is 0.643. The summed E-state index contributed by atoms with van der Waals surface area (Å²) in [5.74, 6) is -0.369. The van der Waals surface area contributed by atoms with Crippen molar-refractivity contribution in [3.8, 4) is 0 Å². The van der Waals surface area contributed by atoms with Crippen LogP contribution in [-0.2, 0) is 0 Å². The maximum atomic E-state index is 12.7. The quantitative estimate of drug-likeness (QED) is 0.894. The lowest BCUT2D eigenvalue weighted by Gasteiger charge is -2.32. The number of hydrogen-bond donors (Lipinski definition) is 1. The summed E-state index contributed by atoms with van der Waals surface area (Å²) >= 11 is 0. The Morgan fingerprint density at radius 2 is 2.28 bits per heavy atom. The number of rotatable bonds is 4. The number of hydrogen-bond acceptors (Lipinski definition) is 3. The zero-order valence-corrected chi connectivity index (χ0v) is 11.1. The van der Waals surface area contributed by atoms with E-state index in [1.54, 1.807) is 6.07 Å². The van der Waals surface area contributed by atoms with Gasteiger partial charge >= 0.3 is 0 Å². The van der Waals surface area contributed by atoms with E-state index in [1.807, 2.05) is 0 Å². The van der Waals surface area contributed by atoms with Gasteiger partial charge in [0.25, 0.3) is 0 Å². The SMILES string of the molecule is CC1(C)CCCN1CCC(O)c1ccc(F)cn1. The second-order valence-corrected chi connectivity index (χ2v) is 5.61. The smallest absolute Gasteiger partial charge is 0.141 e. The van der Waals surface area contributed by atoms with Crippen LogP contribution in [0.2, 0.25) is 0 Å². The highest BCUT2D eigenvalue weighted by Crippen LogP contribution is 2.29. The van der Waals surface area contributed by atoms with Gasteiger partial charge in [0.05, 0.1) is 18.0 Å². The molecule has 4 heteroatoms. The molecule has 1 aromatic rings. The molecule has 0 saturated carbocycles. The third-order valence-corrected chi connectivity index (χ3v) is 3.84. The molecule has 1 saturated heterocycles. The van der Waals surface area contributed by atoms with Crippen molar-refractivity contribution >= 4 is 0 Å². The monoisotopic (exact) mass is 252 g/mol. The molecule has 0 aromatic carbocycles. The number of aliphatic hydroxyl groups is 1. The number of nitrogens with zero attached hydrogens (tertiary/aromatic N) is 2. The lowest BCUT2D eigenvalue weighted by atomic mass is 10.0. The van der Waals surface area contributed by atoms with Crippen molar-refractivity contribution in [3.63, 3.8) is 0 Å². The molecule has 2 heterocycles. The van der Waals surface area contributed by atoms with E-state index in [1.165, 1.54) is 18.9 Å². The van der Waals surface area contributed by atoms with Crippen LogP contribution in [0, 0.1) is 5.82 Å². The van der Waals surface area contributed by atoms with E-state index in [0.717, 1.165) is 19.3 Å². The summed E-state index contributed by atoms with van der Waals surface area (Å²) in [6, 6.07) is 2.89. The summed E-state index contributed by atoms with van der Waals surface area (Å²) in [5, 5.41) is 10.0. The van der Waals surface area contributed by atoms with Crippen LogP contribution >= 0.6 is 0 Å². The third-order valence-electron chi connectivity index (χ3n) is 3.84. The Bertz CT molecular complexity index is 391. The van der Waals surface area contributed by atoms with E-state index in [0.29, 0.717) is 12.1 Å². The van der Waals surface area contributed by atoms with Crippen molar-refractivity contribution < 1.29 is 9.50 Å². The molecule has 0 aliphatic carbocycles. The molecule has 2 rings (SSSR count). The van der Waals surface area contributed by atoms with Gasteiger partial charge < -0.3 is 5.11 Å². The molecule has 1 aliphatic heterocycles. The van der Waals surface area contributed by atoms with E-state index in [-0.39, 0.29) is 11.4 Å². The van der Waals surface area contributed by atoms with E-state index in [4.69, 9.17) is 0 Å². The van der Waals surface area contributed by atoms with E-state index in [2.05, 4.69) is 23.7 Å². The molecule has 1 aromatic heterocycles. The second kappa shape index (κ2) is 5.33. The van der Waals surface area contributed by atoms with Gasteiger partial charge in [-0.3, -0.25) is 9.88 Å². The van der Waals surface area contributed by atoms with Gasteiger partial charge in [-0.2, -0.15) is 0 Å². The van der Waals surface area contributed by atoms with Crippen molar-refractivity contribution in [2.24, 2.45) is 0 Å². The Morgan fingerprint density at radius 1 is 1.50 bits per heavy atom. The van der Waals surface area contributed by atoms with E-state index < -0.39 is 6.10 Å². The molecular formula is C14H21FN2O. The van der Waals surface area contributed by atoms with Crippen LogP contribution in [0.5, 0.6) is 0 Å². The van der Waals surface area contributed by atoms with Crippen molar-refractivity contribution in [1.82, 2.24) is 9.88 Å². The number of pyridine rings is 1. The largest absolute Gasteiger partial charge is 0.387 e. The normalized spacial score (nSPS) is 21.1. The molecule has 0 radical (unpaired) electrons. The van der Waals surface area contributed by atoms with Gasteiger partial charge in [0, 0.05) is 12.1 Å². The van der Waals surface area contributed by atoms with Crippen LogP contribution < -0.4 is 0 Å². The van der Waals surface area contributed by atoms with Gasteiger partial charge in [0.1, 0.15) is 5.82 Å². The average molecular weight is 252 g/mol. The fourth-order valence-electron chi connectivity index (χ4n) is 2.59. The molecule has 3 nitrogen and oxygen atoms in total. The highest BCUT2D eigenvalue weighted by atomic mass is 19.1. The third kappa shape index (κ3) is 3.06. The summed E-state index contributed by atoms with van der Waals surface area (Å²) in [7, 11) is 0. The molecule has 1 N–H and O–H groups in total. The lowest BCUT2D eigenvalue weighted by Crippen LogP contribution is -2.39. The van der Waals surface area contributed by atoms with Crippen molar-refractivity contribution in [2.45, 2.75) is 44.8 Å². The standard InChI is InChI=1S/C14H21FN2O/c1-14(2)7-3-8-17(14)9-6-13(18)12-5-4-11(15)10-16-12/h4-5,10,13,18H,3,6-9H2,1-2H3. The molecule has 1 atom stereocenters. The summed E-state index contributed by atoms with van der Waals surface area (Å²) in [6.07, 6.45) is 3.61. The molecule has 0 spiro atoms. The Kier molecular flexibility index (Phi) is 3.97. The molecular weight excluding hydrogens is 231 g/mol. The minimum Gasteiger partial charge on any atom is -0.387 e. The molecule has 18 heavy (non-hydrogen) atoms. The first-order valence-electron chi connectivity index (χ1n) is 6.53. The summed E-state index contributed by atoms with van der Waals surface area (Å²) in [6.45, 7) is 6.43. The van der Waals surface area contributed by atoms with Gasteiger partial charge in [-0.1, -0.05) is 0 Å². The predicted molar refractivity (Wildman–Crippen MR) is 68.7 cm³/mol. The maximum absolute atomic E-state index is 12.7. The Morgan fingerprint density at radius 3 is 2.83 bits per heavy atom. The second-order valence-electron chi connectivity index (χ2n) is 5.61. The number of aromatic nitrogens is 1.